The first kappa shape index (κ1) is 16.6. The number of amides is 1. The van der Waals surface area contributed by atoms with Gasteiger partial charge in [0.2, 0.25) is 5.91 Å². The van der Waals surface area contributed by atoms with Gasteiger partial charge in [0.15, 0.2) is 0 Å². The van der Waals surface area contributed by atoms with Crippen LogP contribution in [0.25, 0.3) is 0 Å². The van der Waals surface area contributed by atoms with Gasteiger partial charge < -0.3 is 19.6 Å². The van der Waals surface area contributed by atoms with Gasteiger partial charge >= 0.3 is 5.97 Å². The lowest BCUT2D eigenvalue weighted by molar-refractivity contribution is -0.121. The van der Waals surface area contributed by atoms with E-state index in [1.54, 1.807) is 14.0 Å². The minimum Gasteiger partial charge on any atom is -0.497 e. The molecule has 1 aromatic heterocycles. The van der Waals surface area contributed by atoms with Crippen molar-refractivity contribution >= 4 is 11.9 Å². The predicted molar refractivity (Wildman–Crippen MR) is 83.6 cm³/mol. The van der Waals surface area contributed by atoms with Gasteiger partial charge in [-0.15, -0.1) is 0 Å². The van der Waals surface area contributed by atoms with E-state index in [0.29, 0.717) is 24.4 Å². The number of aryl methyl sites for hydroxylation is 2. The molecule has 6 nitrogen and oxygen atoms in total. The zero-order valence-corrected chi connectivity index (χ0v) is 13.1. The van der Waals surface area contributed by atoms with Gasteiger partial charge in [-0.25, -0.2) is 4.79 Å². The minimum atomic E-state index is -1.04. The van der Waals surface area contributed by atoms with Crippen LogP contribution in [0.3, 0.4) is 0 Å². The molecule has 0 saturated heterocycles. The summed E-state index contributed by atoms with van der Waals surface area (Å²) in [5.41, 5.74) is 1.13. The molecule has 1 amide bonds. The molecule has 0 aliphatic carbocycles. The molecule has 1 heterocycles. The van der Waals surface area contributed by atoms with E-state index in [-0.39, 0.29) is 18.0 Å². The SMILES string of the molecule is COc1cccc(CCC(=O)NCc2cc(C(=O)O)c(C)o2)c1. The maximum Gasteiger partial charge on any atom is 0.339 e. The molecule has 1 aromatic carbocycles. The predicted octanol–water partition coefficient (Wildman–Crippen LogP) is 2.54. The average molecular weight is 317 g/mol. The van der Waals surface area contributed by atoms with Gasteiger partial charge in [0, 0.05) is 6.42 Å². The molecule has 122 valence electrons. The van der Waals surface area contributed by atoms with Crippen LogP contribution >= 0.6 is 0 Å². The van der Waals surface area contributed by atoms with Crippen LogP contribution in [0.5, 0.6) is 5.75 Å². The molecular formula is C17H19NO5. The summed E-state index contributed by atoms with van der Waals surface area (Å²) in [5, 5.41) is 11.7. The fourth-order valence-electron chi connectivity index (χ4n) is 2.20. The Bertz CT molecular complexity index is 705. The van der Waals surface area contributed by atoms with Crippen molar-refractivity contribution in [3.05, 3.63) is 53.0 Å². The van der Waals surface area contributed by atoms with Gasteiger partial charge in [-0.05, 0) is 37.1 Å². The highest BCUT2D eigenvalue weighted by Crippen LogP contribution is 2.15. The quantitative estimate of drug-likeness (QED) is 0.819. The van der Waals surface area contributed by atoms with Crippen molar-refractivity contribution in [2.24, 2.45) is 0 Å². The first-order valence-electron chi connectivity index (χ1n) is 7.22. The van der Waals surface area contributed by atoms with Crippen LogP contribution < -0.4 is 10.1 Å². The van der Waals surface area contributed by atoms with Crippen molar-refractivity contribution in [1.82, 2.24) is 5.32 Å². The van der Waals surface area contributed by atoms with E-state index in [9.17, 15) is 9.59 Å². The van der Waals surface area contributed by atoms with Crippen LogP contribution in [-0.4, -0.2) is 24.1 Å². The van der Waals surface area contributed by atoms with Crippen LogP contribution in [0.2, 0.25) is 0 Å². The summed E-state index contributed by atoms with van der Waals surface area (Å²) < 4.78 is 10.4. The Balaban J connectivity index is 1.83. The van der Waals surface area contributed by atoms with Crippen molar-refractivity contribution in [2.45, 2.75) is 26.3 Å². The van der Waals surface area contributed by atoms with Crippen LogP contribution in [0.4, 0.5) is 0 Å². The van der Waals surface area contributed by atoms with E-state index in [1.807, 2.05) is 24.3 Å². The van der Waals surface area contributed by atoms with E-state index < -0.39 is 5.97 Å². The first-order valence-corrected chi connectivity index (χ1v) is 7.22. The zero-order chi connectivity index (χ0) is 16.8. The molecule has 2 aromatic rings. The topological polar surface area (TPSA) is 88.8 Å². The Kier molecular flexibility index (Phi) is 5.41. The molecule has 0 aliphatic heterocycles. The van der Waals surface area contributed by atoms with Crippen molar-refractivity contribution in [3.8, 4) is 5.75 Å². The number of hydrogen-bond donors (Lipinski definition) is 2. The third-order valence-corrected chi connectivity index (χ3v) is 3.43. The van der Waals surface area contributed by atoms with Crippen LogP contribution in [0, 0.1) is 6.92 Å². The molecule has 0 atom stereocenters. The second-order valence-corrected chi connectivity index (χ2v) is 5.12. The number of carbonyl (C=O) groups excluding carboxylic acids is 1. The molecule has 0 unspecified atom stereocenters. The Hall–Kier alpha value is -2.76. The summed E-state index contributed by atoms with van der Waals surface area (Å²) >= 11 is 0. The highest BCUT2D eigenvalue weighted by atomic mass is 16.5. The molecular weight excluding hydrogens is 298 g/mol. The number of rotatable bonds is 7. The number of carboxylic acids is 1. The molecule has 0 aliphatic rings. The van der Waals surface area contributed by atoms with Gasteiger partial charge in [0.25, 0.3) is 0 Å². The van der Waals surface area contributed by atoms with E-state index in [0.717, 1.165) is 11.3 Å². The lowest BCUT2D eigenvalue weighted by atomic mass is 10.1. The van der Waals surface area contributed by atoms with E-state index in [2.05, 4.69) is 5.32 Å². The molecule has 0 bridgehead atoms. The summed E-state index contributed by atoms with van der Waals surface area (Å²) in [6, 6.07) is 8.99. The number of furan rings is 1. The lowest BCUT2D eigenvalue weighted by Crippen LogP contribution is -2.22. The highest BCUT2D eigenvalue weighted by molar-refractivity contribution is 5.88. The standard InChI is InChI=1S/C17H19NO5/c1-11-15(17(20)21)9-14(23-11)10-18-16(19)7-6-12-4-3-5-13(8-12)22-2/h3-5,8-9H,6-7,10H2,1-2H3,(H,18,19)(H,20,21). The molecule has 23 heavy (non-hydrogen) atoms. The van der Waals surface area contributed by atoms with Crippen molar-refractivity contribution in [3.63, 3.8) is 0 Å². The maximum absolute atomic E-state index is 11.9. The maximum atomic E-state index is 11.9. The molecule has 2 N–H and O–H groups in total. The molecule has 2 rings (SSSR count). The fraction of sp³-hybridized carbons (Fsp3) is 0.294. The second-order valence-electron chi connectivity index (χ2n) is 5.12. The number of carbonyl (C=O) groups is 2. The second kappa shape index (κ2) is 7.49. The van der Waals surface area contributed by atoms with Crippen LogP contribution in [0.1, 0.15) is 33.9 Å². The molecule has 0 radical (unpaired) electrons. The minimum absolute atomic E-state index is 0.116. The highest BCUT2D eigenvalue weighted by Gasteiger charge is 2.14. The average Bonchev–Trinajstić information content (AvgIpc) is 2.92. The Morgan fingerprint density at radius 1 is 1.30 bits per heavy atom. The van der Waals surface area contributed by atoms with Crippen LogP contribution in [-0.2, 0) is 17.8 Å². The van der Waals surface area contributed by atoms with Gasteiger partial charge in [-0.3, -0.25) is 4.79 Å². The number of ether oxygens (including phenoxy) is 1. The Labute approximate surface area is 134 Å². The van der Waals surface area contributed by atoms with E-state index in [4.69, 9.17) is 14.3 Å². The van der Waals surface area contributed by atoms with Crippen molar-refractivity contribution in [1.29, 1.82) is 0 Å². The number of hydrogen-bond acceptors (Lipinski definition) is 4. The fourth-order valence-corrected chi connectivity index (χ4v) is 2.20. The lowest BCUT2D eigenvalue weighted by Gasteiger charge is -2.05. The summed E-state index contributed by atoms with van der Waals surface area (Å²) in [7, 11) is 1.60. The zero-order valence-electron chi connectivity index (χ0n) is 13.1. The van der Waals surface area contributed by atoms with Gasteiger partial charge in [0.1, 0.15) is 22.8 Å². The number of nitrogens with one attached hydrogen (secondary N) is 1. The molecule has 0 spiro atoms. The van der Waals surface area contributed by atoms with Crippen molar-refractivity contribution in [2.75, 3.05) is 7.11 Å². The number of benzene rings is 1. The summed E-state index contributed by atoms with van der Waals surface area (Å²) in [6.45, 7) is 1.75. The van der Waals surface area contributed by atoms with Gasteiger partial charge in [-0.2, -0.15) is 0 Å². The Morgan fingerprint density at radius 3 is 2.74 bits per heavy atom. The molecule has 0 fully saturated rings. The monoisotopic (exact) mass is 317 g/mol. The summed E-state index contributed by atoms with van der Waals surface area (Å²) in [6.07, 6.45) is 0.930. The number of methoxy groups -OCH3 is 1. The van der Waals surface area contributed by atoms with Gasteiger partial charge in [-0.1, -0.05) is 12.1 Å². The Morgan fingerprint density at radius 2 is 2.09 bits per heavy atom. The third-order valence-electron chi connectivity index (χ3n) is 3.43. The van der Waals surface area contributed by atoms with Crippen LogP contribution in [0.15, 0.2) is 34.7 Å². The number of carboxylic acid groups (broad SMARTS) is 1. The largest absolute Gasteiger partial charge is 0.497 e. The normalized spacial score (nSPS) is 10.3. The van der Waals surface area contributed by atoms with E-state index >= 15 is 0 Å². The molecule has 6 heteroatoms. The summed E-state index contributed by atoms with van der Waals surface area (Å²) in [4.78, 5) is 22.8. The smallest absolute Gasteiger partial charge is 0.339 e. The van der Waals surface area contributed by atoms with Crippen molar-refractivity contribution < 1.29 is 23.8 Å². The first-order chi connectivity index (χ1) is 11.0. The third kappa shape index (κ3) is 4.60. The number of aromatic carboxylic acids is 1. The summed E-state index contributed by atoms with van der Waals surface area (Å²) in [5.74, 6) is 0.350. The van der Waals surface area contributed by atoms with E-state index in [1.165, 1.54) is 6.07 Å². The molecule has 0 saturated carbocycles. The van der Waals surface area contributed by atoms with Gasteiger partial charge in [0.05, 0.1) is 13.7 Å².